The number of carboxylic acid groups (broad SMARTS) is 1. The highest BCUT2D eigenvalue weighted by Gasteiger charge is 2.08. The number of aliphatic carboxylic acids is 1. The Labute approximate surface area is 100.0 Å². The van der Waals surface area contributed by atoms with Crippen molar-refractivity contribution in [2.24, 2.45) is 0 Å². The lowest BCUT2D eigenvalue weighted by molar-refractivity contribution is -0.137. The summed E-state index contributed by atoms with van der Waals surface area (Å²) in [7, 11) is 1.57. The summed E-state index contributed by atoms with van der Waals surface area (Å²) in [6, 6.07) is 3.74. The Morgan fingerprint density at radius 3 is 2.75 bits per heavy atom. The molecule has 88 valence electrons. The Bertz CT molecular complexity index is 388. The van der Waals surface area contributed by atoms with E-state index in [1.165, 1.54) is 0 Å². The normalized spacial score (nSPS) is 10.2. The van der Waals surface area contributed by atoms with Gasteiger partial charge in [0.2, 0.25) is 0 Å². The molecule has 0 atom stereocenters. The maximum absolute atomic E-state index is 10.4. The maximum atomic E-state index is 10.4. The van der Waals surface area contributed by atoms with E-state index in [0.29, 0.717) is 17.2 Å². The first-order valence-corrected chi connectivity index (χ1v) is 5.47. The quantitative estimate of drug-likeness (QED) is 0.863. The van der Waals surface area contributed by atoms with Crippen molar-refractivity contribution in [3.05, 3.63) is 28.3 Å². The molecule has 0 fully saturated rings. The van der Waals surface area contributed by atoms with Crippen molar-refractivity contribution in [2.75, 3.05) is 7.11 Å². The summed E-state index contributed by atoms with van der Waals surface area (Å²) in [6.07, 6.45) is 1.53. The summed E-state index contributed by atoms with van der Waals surface area (Å²) in [6.45, 7) is 1.92. The minimum atomic E-state index is -0.766. The van der Waals surface area contributed by atoms with E-state index in [0.717, 1.165) is 17.5 Å². The fraction of sp³-hybridized carbons (Fsp3) is 0.417. The van der Waals surface area contributed by atoms with Gasteiger partial charge >= 0.3 is 5.97 Å². The van der Waals surface area contributed by atoms with Crippen LogP contribution in [-0.4, -0.2) is 18.2 Å². The molecule has 0 saturated heterocycles. The predicted octanol–water partition coefficient (Wildman–Crippen LogP) is 3.06. The summed E-state index contributed by atoms with van der Waals surface area (Å²) in [4.78, 5) is 10.4. The van der Waals surface area contributed by atoms with Gasteiger partial charge in [0.1, 0.15) is 5.75 Å². The van der Waals surface area contributed by atoms with Crippen LogP contribution >= 0.6 is 11.6 Å². The van der Waals surface area contributed by atoms with Crippen LogP contribution in [0.3, 0.4) is 0 Å². The standard InChI is InChI=1S/C12H15ClO3/c1-8-9(4-3-5-11(14)15)6-7-10(16-2)12(8)13/h6-7H,3-5H2,1-2H3,(H,14,15). The second kappa shape index (κ2) is 5.75. The van der Waals surface area contributed by atoms with Crippen molar-refractivity contribution < 1.29 is 14.6 Å². The number of rotatable bonds is 5. The molecule has 0 radical (unpaired) electrons. The Balaban J connectivity index is 2.74. The molecule has 0 bridgehead atoms. The summed E-state index contributed by atoms with van der Waals surface area (Å²) >= 11 is 6.10. The first-order chi connectivity index (χ1) is 7.56. The van der Waals surface area contributed by atoms with E-state index in [1.54, 1.807) is 7.11 Å². The number of hydrogen-bond donors (Lipinski definition) is 1. The summed E-state index contributed by atoms with van der Waals surface area (Å²) < 4.78 is 5.10. The molecule has 0 aliphatic rings. The molecule has 0 aliphatic carbocycles. The topological polar surface area (TPSA) is 46.5 Å². The molecule has 4 heteroatoms. The summed E-state index contributed by atoms with van der Waals surface area (Å²) in [5.41, 5.74) is 2.04. The van der Waals surface area contributed by atoms with E-state index in [-0.39, 0.29) is 6.42 Å². The van der Waals surface area contributed by atoms with Gasteiger partial charge in [-0.1, -0.05) is 17.7 Å². The number of ether oxygens (including phenoxy) is 1. The number of carboxylic acids is 1. The molecule has 0 spiro atoms. The molecule has 0 heterocycles. The van der Waals surface area contributed by atoms with Crippen molar-refractivity contribution in [1.29, 1.82) is 0 Å². The van der Waals surface area contributed by atoms with E-state index < -0.39 is 5.97 Å². The number of hydrogen-bond acceptors (Lipinski definition) is 2. The lowest BCUT2D eigenvalue weighted by Crippen LogP contribution is -1.98. The average molecular weight is 243 g/mol. The third-order valence-corrected chi connectivity index (χ3v) is 2.99. The SMILES string of the molecule is COc1ccc(CCCC(=O)O)c(C)c1Cl. The molecule has 0 unspecified atom stereocenters. The number of halogens is 1. The zero-order valence-electron chi connectivity index (χ0n) is 9.42. The van der Waals surface area contributed by atoms with Crippen LogP contribution in [0.2, 0.25) is 5.02 Å². The van der Waals surface area contributed by atoms with Gasteiger partial charge in [0.15, 0.2) is 0 Å². The van der Waals surface area contributed by atoms with E-state index in [2.05, 4.69) is 0 Å². The minimum Gasteiger partial charge on any atom is -0.495 e. The fourth-order valence-electron chi connectivity index (χ4n) is 1.56. The summed E-state index contributed by atoms with van der Waals surface area (Å²) in [5.74, 6) is -0.113. The van der Waals surface area contributed by atoms with Crippen LogP contribution < -0.4 is 4.74 Å². The first-order valence-electron chi connectivity index (χ1n) is 5.10. The molecule has 1 rings (SSSR count). The van der Waals surface area contributed by atoms with Crippen molar-refractivity contribution in [3.63, 3.8) is 0 Å². The van der Waals surface area contributed by atoms with Crippen LogP contribution in [-0.2, 0) is 11.2 Å². The molecular weight excluding hydrogens is 228 g/mol. The van der Waals surface area contributed by atoms with Crippen molar-refractivity contribution in [3.8, 4) is 5.75 Å². The highest BCUT2D eigenvalue weighted by Crippen LogP contribution is 2.30. The smallest absolute Gasteiger partial charge is 0.303 e. The van der Waals surface area contributed by atoms with Crippen LogP contribution in [0, 0.1) is 6.92 Å². The van der Waals surface area contributed by atoms with Gasteiger partial charge in [-0.15, -0.1) is 0 Å². The Hall–Kier alpha value is -1.22. The van der Waals surface area contributed by atoms with Crippen molar-refractivity contribution >= 4 is 17.6 Å². The largest absolute Gasteiger partial charge is 0.495 e. The van der Waals surface area contributed by atoms with E-state index in [1.807, 2.05) is 19.1 Å². The van der Waals surface area contributed by atoms with Crippen molar-refractivity contribution in [2.45, 2.75) is 26.2 Å². The third kappa shape index (κ3) is 3.14. The molecule has 1 aromatic carbocycles. The predicted molar refractivity (Wildman–Crippen MR) is 63.3 cm³/mol. The Morgan fingerprint density at radius 2 is 2.19 bits per heavy atom. The molecule has 0 aromatic heterocycles. The average Bonchev–Trinajstić information content (AvgIpc) is 2.24. The number of methoxy groups -OCH3 is 1. The van der Waals surface area contributed by atoms with Gasteiger partial charge < -0.3 is 9.84 Å². The van der Waals surface area contributed by atoms with Gasteiger partial charge in [-0.05, 0) is 37.0 Å². The lowest BCUT2D eigenvalue weighted by atomic mass is 10.0. The zero-order chi connectivity index (χ0) is 12.1. The molecule has 1 aromatic rings. The molecular formula is C12H15ClO3. The molecule has 3 nitrogen and oxygen atoms in total. The molecule has 0 saturated carbocycles. The highest BCUT2D eigenvalue weighted by molar-refractivity contribution is 6.32. The Kier molecular flexibility index (Phi) is 4.62. The highest BCUT2D eigenvalue weighted by atomic mass is 35.5. The lowest BCUT2D eigenvalue weighted by Gasteiger charge is -2.10. The third-order valence-electron chi connectivity index (χ3n) is 2.52. The van der Waals surface area contributed by atoms with Gasteiger partial charge in [-0.2, -0.15) is 0 Å². The van der Waals surface area contributed by atoms with Crippen LogP contribution in [0.1, 0.15) is 24.0 Å². The van der Waals surface area contributed by atoms with Gasteiger partial charge in [-0.25, -0.2) is 0 Å². The van der Waals surface area contributed by atoms with Gasteiger partial charge in [0.05, 0.1) is 12.1 Å². The van der Waals surface area contributed by atoms with Gasteiger partial charge in [0.25, 0.3) is 0 Å². The monoisotopic (exact) mass is 242 g/mol. The second-order valence-electron chi connectivity index (χ2n) is 3.61. The minimum absolute atomic E-state index is 0.184. The van der Waals surface area contributed by atoms with Gasteiger partial charge in [0, 0.05) is 6.42 Å². The number of carbonyl (C=O) groups is 1. The molecule has 0 amide bonds. The van der Waals surface area contributed by atoms with Crippen LogP contribution in [0.4, 0.5) is 0 Å². The van der Waals surface area contributed by atoms with Crippen LogP contribution in [0.5, 0.6) is 5.75 Å². The van der Waals surface area contributed by atoms with Gasteiger partial charge in [-0.3, -0.25) is 4.79 Å². The second-order valence-corrected chi connectivity index (χ2v) is 3.99. The first kappa shape index (κ1) is 12.8. The van der Waals surface area contributed by atoms with Crippen LogP contribution in [0.25, 0.3) is 0 Å². The summed E-state index contributed by atoms with van der Waals surface area (Å²) in [5, 5.41) is 9.16. The van der Waals surface area contributed by atoms with E-state index in [4.69, 9.17) is 21.4 Å². The fourth-order valence-corrected chi connectivity index (χ4v) is 1.82. The van der Waals surface area contributed by atoms with E-state index in [9.17, 15) is 4.79 Å². The maximum Gasteiger partial charge on any atom is 0.303 e. The van der Waals surface area contributed by atoms with Crippen molar-refractivity contribution in [1.82, 2.24) is 0 Å². The van der Waals surface area contributed by atoms with Crippen LogP contribution in [0.15, 0.2) is 12.1 Å². The molecule has 1 N–H and O–H groups in total. The Morgan fingerprint density at radius 1 is 1.50 bits per heavy atom. The number of aryl methyl sites for hydroxylation is 1. The van der Waals surface area contributed by atoms with E-state index >= 15 is 0 Å². The zero-order valence-corrected chi connectivity index (χ0v) is 10.2. The molecule has 16 heavy (non-hydrogen) atoms. The number of benzene rings is 1. The molecule has 0 aliphatic heterocycles.